The van der Waals surface area contributed by atoms with Crippen LogP contribution in [0.15, 0.2) is 0 Å². The van der Waals surface area contributed by atoms with Gasteiger partial charge < -0.3 is 0 Å². The minimum Gasteiger partial charge on any atom is 0 e. The molecule has 0 aromatic rings. The van der Waals surface area contributed by atoms with Gasteiger partial charge in [-0.3, -0.25) is 0 Å². The van der Waals surface area contributed by atoms with E-state index in [9.17, 15) is 0 Å². The van der Waals surface area contributed by atoms with E-state index < -0.39 is 0 Å². The van der Waals surface area contributed by atoms with Gasteiger partial charge in [-0.1, -0.05) is 0 Å². The van der Waals surface area contributed by atoms with Gasteiger partial charge in [0.05, 0.1) is 0 Å². The number of rotatable bonds is 0. The summed E-state index contributed by atoms with van der Waals surface area (Å²) >= 11 is 0. The maximum atomic E-state index is 0. The van der Waals surface area contributed by atoms with Crippen LogP contribution in [-0.2, 0) is 82.4 Å². The van der Waals surface area contributed by atoms with Crippen LogP contribution < -0.4 is 0 Å². The zero-order valence-corrected chi connectivity index (χ0v) is 16.1. The molecule has 0 heterocycles. The summed E-state index contributed by atoms with van der Waals surface area (Å²) in [6.45, 7) is 0. The van der Waals surface area contributed by atoms with E-state index in [0.717, 1.165) is 0 Å². The minimum atomic E-state index is 0. The molecule has 9 heteroatoms. The second-order valence-electron chi connectivity index (χ2n) is 0. The molecule has 0 aliphatic rings. The zero-order chi connectivity index (χ0) is 0. The topological polar surface area (TPSA) is 0 Å². The van der Waals surface area contributed by atoms with Crippen molar-refractivity contribution in [1.29, 1.82) is 0 Å². The Balaban J connectivity index is 0. The number of hydrogen-bond donors (Lipinski definition) is 0. The van der Waals surface area contributed by atoms with E-state index in [1.54, 1.807) is 0 Å². The first-order chi connectivity index (χ1) is 0. The molecule has 0 nitrogen and oxygen atoms in total. The maximum absolute atomic E-state index is 0. The van der Waals surface area contributed by atoms with Gasteiger partial charge in [0, 0.05) is 160 Å². The smallest absolute Gasteiger partial charge is 0 e. The van der Waals surface area contributed by atoms with Gasteiger partial charge in [0.15, 0.2) is 17.4 Å². The second-order valence-corrected chi connectivity index (χ2v) is 0. The Morgan fingerprint density at radius 2 is 1.00 bits per heavy atom. The normalized spacial score (nSPS) is 0. The van der Waals surface area contributed by atoms with Gasteiger partial charge in [-0.25, -0.2) is 0 Å². The van der Waals surface area contributed by atoms with Crippen LogP contribution in [-0.4, -0.2) is 112 Å². The average Bonchev–Trinajstić information content (AvgIpc) is 0. The van der Waals surface area contributed by atoms with Gasteiger partial charge >= 0.3 is 94.4 Å². The Kier molecular flexibility index (Phi) is 390. The van der Waals surface area contributed by atoms with Crippen LogP contribution in [0.2, 0.25) is 0 Å². The molecule has 0 aliphatic heterocycles. The summed E-state index contributed by atoms with van der Waals surface area (Å²) in [5.74, 6) is 0. The van der Waals surface area contributed by atoms with E-state index in [1.807, 2.05) is 0 Å². The molecule has 42 valence electrons. The van der Waals surface area contributed by atoms with Crippen molar-refractivity contribution in [3.63, 3.8) is 0 Å². The third-order valence-electron chi connectivity index (χ3n) is 0. The largest absolute Gasteiger partial charge is 0 e. The van der Waals surface area contributed by atoms with Crippen molar-refractivity contribution in [2.75, 3.05) is 0 Å². The molecule has 0 amide bonds. The van der Waals surface area contributed by atoms with Crippen molar-refractivity contribution in [3.05, 3.63) is 0 Å². The SMILES string of the molecule is [AlH3].[BaH2].[Ce].[Cr].[La].[Mn].[SrH2].[Ti].[Zr]. The molecule has 0 aliphatic carbocycles. The summed E-state index contributed by atoms with van der Waals surface area (Å²) in [4.78, 5) is 0. The van der Waals surface area contributed by atoms with E-state index >= 15 is 0 Å². The van der Waals surface area contributed by atoms with E-state index in [4.69, 9.17) is 0 Å². The summed E-state index contributed by atoms with van der Waals surface area (Å²) in [6.07, 6.45) is 0. The quantitative estimate of drug-likeness (QED) is 0.230. The van der Waals surface area contributed by atoms with Gasteiger partial charge in [-0.15, -0.1) is 0 Å². The second kappa shape index (κ2) is 54.1. The molecule has 0 atom stereocenters. The predicted octanol–water partition coefficient (Wildman–Crippen LogP) is -3.03. The van der Waals surface area contributed by atoms with Crippen LogP contribution >= 0.6 is 0 Å². The van der Waals surface area contributed by atoms with Crippen molar-refractivity contribution in [2.45, 2.75) is 0 Å². The van der Waals surface area contributed by atoms with Crippen molar-refractivity contribution >= 4 is 112 Å². The van der Waals surface area contributed by atoms with Gasteiger partial charge in [-0.2, -0.15) is 0 Å². The van der Waals surface area contributed by atoms with E-state index in [-0.39, 0.29) is 271 Å². The van der Waals surface area contributed by atoms with Crippen LogP contribution in [0.5, 0.6) is 0 Å². The Hall–Kier alpha value is 8.81. The monoisotopic (exact) mass is 783 g/mol. The van der Waals surface area contributed by atoms with Gasteiger partial charge in [0.2, 0.25) is 0 Å². The first-order valence-electron chi connectivity index (χ1n) is 0. The van der Waals surface area contributed by atoms with Gasteiger partial charge in [0.25, 0.3) is 0 Å². The molecule has 0 saturated carbocycles. The molecule has 9 heavy (non-hydrogen) atoms. The molecule has 0 rings (SSSR count). The third-order valence-corrected chi connectivity index (χ3v) is 0. The fourth-order valence-corrected chi connectivity index (χ4v) is 0. The van der Waals surface area contributed by atoms with Crippen LogP contribution in [0.1, 0.15) is 0 Å². The molecule has 0 unspecified atom stereocenters. The van der Waals surface area contributed by atoms with Crippen LogP contribution in [0, 0.1) is 77.3 Å². The molecule has 0 aromatic carbocycles. The summed E-state index contributed by atoms with van der Waals surface area (Å²) < 4.78 is 0. The molecule has 0 N–H and O–H groups in total. The fraction of sp³-hybridized carbons (Fsp3) is 0. The van der Waals surface area contributed by atoms with Crippen LogP contribution in [0.3, 0.4) is 0 Å². The van der Waals surface area contributed by atoms with Crippen molar-refractivity contribution in [1.82, 2.24) is 0 Å². The van der Waals surface area contributed by atoms with Gasteiger partial charge in [0.1, 0.15) is 0 Å². The van der Waals surface area contributed by atoms with Crippen LogP contribution in [0.4, 0.5) is 0 Å². The fourth-order valence-electron chi connectivity index (χ4n) is 0. The summed E-state index contributed by atoms with van der Waals surface area (Å²) in [5.41, 5.74) is 0. The van der Waals surface area contributed by atoms with E-state index in [2.05, 4.69) is 0 Å². The maximum Gasteiger partial charge on any atom is 0 e. The van der Waals surface area contributed by atoms with Crippen molar-refractivity contribution < 1.29 is 160 Å². The first-order valence-corrected chi connectivity index (χ1v) is 0. The van der Waals surface area contributed by atoms with Crippen molar-refractivity contribution in [3.8, 4) is 0 Å². The molecule has 0 bridgehead atoms. The average molecular weight is 784 g/mol. The molecular formula is H7AlBaCeCrLaMnSrTiZr. The summed E-state index contributed by atoms with van der Waals surface area (Å²) in [5, 5.41) is 0. The van der Waals surface area contributed by atoms with E-state index in [1.165, 1.54) is 0 Å². The van der Waals surface area contributed by atoms with Crippen LogP contribution in [0.25, 0.3) is 0 Å². The molecule has 0 fully saturated rings. The minimum absolute atomic E-state index is 0. The molecule has 0 aromatic heterocycles. The Bertz CT molecular complexity index is 28.5. The molecule has 0 saturated heterocycles. The number of hydrogen-bond acceptors (Lipinski definition) is 0. The summed E-state index contributed by atoms with van der Waals surface area (Å²) in [7, 11) is 0. The Labute approximate surface area is 262 Å². The Morgan fingerprint density at radius 1 is 1.00 bits per heavy atom. The summed E-state index contributed by atoms with van der Waals surface area (Å²) in [6, 6.07) is 0. The van der Waals surface area contributed by atoms with E-state index in [0.29, 0.717) is 0 Å². The van der Waals surface area contributed by atoms with Gasteiger partial charge in [-0.05, 0) is 0 Å². The first kappa shape index (κ1) is 64.9. The molecule has 0 spiro atoms. The standard InChI is InChI=1S/Al.Ba.Ce.Cr.La.Mn.Sr.Ti.Zr.7H. The molecule has 2 radical (unpaired) electrons. The van der Waals surface area contributed by atoms with Crippen molar-refractivity contribution in [2.24, 2.45) is 0 Å². The zero-order valence-electron chi connectivity index (χ0n) is 2.86. The Morgan fingerprint density at radius 3 is 1.00 bits per heavy atom. The predicted molar refractivity (Wildman–Crippen MR) is 27.0 cm³/mol. The molecular weight excluding hydrogens is 777 g/mol. The third kappa shape index (κ3) is 47.5.